The molecule has 1 atom stereocenters. The first-order valence-corrected chi connectivity index (χ1v) is 7.02. The molecular formula is C16H24N2O. The van der Waals surface area contributed by atoms with Gasteiger partial charge in [0.05, 0.1) is 12.7 Å². The minimum Gasteiger partial charge on any atom is -0.493 e. The van der Waals surface area contributed by atoms with Crippen molar-refractivity contribution in [2.24, 2.45) is 0 Å². The molecule has 0 fully saturated rings. The zero-order valence-corrected chi connectivity index (χ0v) is 12.2. The molecule has 0 spiro atoms. The van der Waals surface area contributed by atoms with Crippen LogP contribution in [0.2, 0.25) is 0 Å². The molecule has 0 saturated carbocycles. The van der Waals surface area contributed by atoms with E-state index in [-0.39, 0.29) is 0 Å². The summed E-state index contributed by atoms with van der Waals surface area (Å²) in [4.78, 5) is 0. The van der Waals surface area contributed by atoms with Gasteiger partial charge in [-0.15, -0.1) is 0 Å². The summed E-state index contributed by atoms with van der Waals surface area (Å²) in [6, 6.07) is 8.80. The largest absolute Gasteiger partial charge is 0.493 e. The number of nitriles is 1. The molecule has 1 unspecified atom stereocenters. The van der Waals surface area contributed by atoms with Crippen LogP contribution in [0.1, 0.15) is 50.3 Å². The van der Waals surface area contributed by atoms with Crippen LogP contribution < -0.4 is 10.1 Å². The Bertz CT molecular complexity index is 423. The predicted octanol–water partition coefficient (Wildman–Crippen LogP) is 3.74. The molecule has 0 saturated heterocycles. The standard InChI is InChI=1S/C16H24N2O/c1-4-10-18-14(3)15-7-8-16(13(2)12-15)19-11-6-5-9-17/h7-8,12,14,18H,4-6,10-11H2,1-3H3. The first kappa shape index (κ1) is 15.5. The van der Waals surface area contributed by atoms with Crippen molar-refractivity contribution < 1.29 is 4.74 Å². The van der Waals surface area contributed by atoms with Gasteiger partial charge in [0.2, 0.25) is 0 Å². The van der Waals surface area contributed by atoms with Gasteiger partial charge in [0.15, 0.2) is 0 Å². The minimum absolute atomic E-state index is 0.367. The molecule has 0 aromatic heterocycles. The maximum atomic E-state index is 8.47. The SMILES string of the molecule is CCCNC(C)c1ccc(OCCCC#N)c(C)c1. The van der Waals surface area contributed by atoms with Crippen molar-refractivity contribution in [2.45, 2.75) is 46.1 Å². The molecule has 1 N–H and O–H groups in total. The number of rotatable bonds is 8. The van der Waals surface area contributed by atoms with Gasteiger partial charge in [0.25, 0.3) is 0 Å². The van der Waals surface area contributed by atoms with Crippen LogP contribution >= 0.6 is 0 Å². The van der Waals surface area contributed by atoms with Crippen molar-refractivity contribution in [3.63, 3.8) is 0 Å². The molecule has 1 aromatic rings. The van der Waals surface area contributed by atoms with Crippen LogP contribution in [0.3, 0.4) is 0 Å². The molecule has 3 heteroatoms. The lowest BCUT2D eigenvalue weighted by Gasteiger charge is -2.16. The van der Waals surface area contributed by atoms with Crippen molar-refractivity contribution in [3.05, 3.63) is 29.3 Å². The van der Waals surface area contributed by atoms with Crippen LogP contribution in [0.25, 0.3) is 0 Å². The van der Waals surface area contributed by atoms with E-state index < -0.39 is 0 Å². The Labute approximate surface area is 116 Å². The number of nitrogens with one attached hydrogen (secondary N) is 1. The molecule has 0 bridgehead atoms. The van der Waals surface area contributed by atoms with Gasteiger partial charge in [-0.3, -0.25) is 0 Å². The van der Waals surface area contributed by atoms with Gasteiger partial charge in [0, 0.05) is 12.5 Å². The summed E-state index contributed by atoms with van der Waals surface area (Å²) in [5, 5.41) is 12.0. The average Bonchev–Trinajstić information content (AvgIpc) is 2.42. The number of benzene rings is 1. The molecule has 0 amide bonds. The highest BCUT2D eigenvalue weighted by atomic mass is 16.5. The predicted molar refractivity (Wildman–Crippen MR) is 78.2 cm³/mol. The molecule has 0 radical (unpaired) electrons. The van der Waals surface area contributed by atoms with Crippen molar-refractivity contribution >= 4 is 0 Å². The number of hydrogen-bond acceptors (Lipinski definition) is 3. The minimum atomic E-state index is 0.367. The molecule has 1 aromatic carbocycles. The Balaban J connectivity index is 2.56. The van der Waals surface area contributed by atoms with Gasteiger partial charge in [0.1, 0.15) is 5.75 Å². The second-order valence-electron chi connectivity index (χ2n) is 4.81. The number of ether oxygens (including phenoxy) is 1. The van der Waals surface area contributed by atoms with Gasteiger partial charge in [-0.05, 0) is 50.4 Å². The number of unbranched alkanes of at least 4 members (excludes halogenated alkanes) is 1. The molecule has 0 heterocycles. The second-order valence-corrected chi connectivity index (χ2v) is 4.81. The zero-order valence-electron chi connectivity index (χ0n) is 12.2. The van der Waals surface area contributed by atoms with Crippen molar-refractivity contribution in [1.82, 2.24) is 5.32 Å². The average molecular weight is 260 g/mol. The lowest BCUT2D eigenvalue weighted by Crippen LogP contribution is -2.19. The molecule has 1 rings (SSSR count). The molecule has 0 aliphatic rings. The molecule has 0 aliphatic carbocycles. The fraction of sp³-hybridized carbons (Fsp3) is 0.562. The van der Waals surface area contributed by atoms with Crippen LogP contribution in [0.15, 0.2) is 18.2 Å². The van der Waals surface area contributed by atoms with Crippen LogP contribution in [-0.4, -0.2) is 13.2 Å². The maximum Gasteiger partial charge on any atom is 0.122 e. The van der Waals surface area contributed by atoms with Crippen molar-refractivity contribution in [2.75, 3.05) is 13.2 Å². The van der Waals surface area contributed by atoms with Gasteiger partial charge in [-0.1, -0.05) is 19.1 Å². The number of nitrogens with zero attached hydrogens (tertiary/aromatic N) is 1. The van der Waals surface area contributed by atoms with Gasteiger partial charge in [-0.2, -0.15) is 5.26 Å². The summed E-state index contributed by atoms with van der Waals surface area (Å²) in [5.74, 6) is 0.921. The number of aryl methyl sites for hydroxylation is 1. The highest BCUT2D eigenvalue weighted by Gasteiger charge is 2.07. The Hall–Kier alpha value is -1.53. The number of hydrogen-bond donors (Lipinski definition) is 1. The molecule has 3 nitrogen and oxygen atoms in total. The first-order chi connectivity index (χ1) is 9.19. The van der Waals surface area contributed by atoms with Crippen LogP contribution in [0.4, 0.5) is 0 Å². The molecule has 19 heavy (non-hydrogen) atoms. The third-order valence-electron chi connectivity index (χ3n) is 3.09. The lowest BCUT2D eigenvalue weighted by molar-refractivity contribution is 0.310. The Morgan fingerprint density at radius 3 is 2.84 bits per heavy atom. The van der Waals surface area contributed by atoms with E-state index in [9.17, 15) is 0 Å². The van der Waals surface area contributed by atoms with E-state index in [2.05, 4.69) is 44.3 Å². The van der Waals surface area contributed by atoms with E-state index in [4.69, 9.17) is 10.00 Å². The van der Waals surface area contributed by atoms with Gasteiger partial charge >= 0.3 is 0 Å². The summed E-state index contributed by atoms with van der Waals surface area (Å²) < 4.78 is 5.68. The van der Waals surface area contributed by atoms with E-state index >= 15 is 0 Å². The Kier molecular flexibility index (Phi) is 6.99. The van der Waals surface area contributed by atoms with E-state index in [1.807, 2.05) is 6.07 Å². The summed E-state index contributed by atoms with van der Waals surface area (Å²) in [6.07, 6.45) is 2.48. The highest BCUT2D eigenvalue weighted by molar-refractivity contribution is 5.37. The summed E-state index contributed by atoms with van der Waals surface area (Å²) in [7, 11) is 0. The normalized spacial score (nSPS) is 11.9. The Morgan fingerprint density at radius 1 is 1.42 bits per heavy atom. The fourth-order valence-corrected chi connectivity index (χ4v) is 1.92. The summed E-state index contributed by atoms with van der Waals surface area (Å²) in [5.41, 5.74) is 2.44. The quantitative estimate of drug-likeness (QED) is 0.724. The van der Waals surface area contributed by atoms with Gasteiger partial charge in [-0.25, -0.2) is 0 Å². The van der Waals surface area contributed by atoms with Crippen LogP contribution in [-0.2, 0) is 0 Å². The monoisotopic (exact) mass is 260 g/mol. The van der Waals surface area contributed by atoms with E-state index in [0.29, 0.717) is 19.1 Å². The smallest absolute Gasteiger partial charge is 0.122 e. The van der Waals surface area contributed by atoms with E-state index in [0.717, 1.165) is 30.7 Å². The second kappa shape index (κ2) is 8.55. The van der Waals surface area contributed by atoms with Crippen molar-refractivity contribution in [1.29, 1.82) is 5.26 Å². The first-order valence-electron chi connectivity index (χ1n) is 7.02. The topological polar surface area (TPSA) is 45.0 Å². The maximum absolute atomic E-state index is 8.47. The van der Waals surface area contributed by atoms with Crippen LogP contribution in [0, 0.1) is 18.3 Å². The summed E-state index contributed by atoms with van der Waals surface area (Å²) >= 11 is 0. The highest BCUT2D eigenvalue weighted by Crippen LogP contribution is 2.23. The summed E-state index contributed by atoms with van der Waals surface area (Å²) in [6.45, 7) is 8.06. The van der Waals surface area contributed by atoms with Crippen LogP contribution in [0.5, 0.6) is 5.75 Å². The zero-order chi connectivity index (χ0) is 14.1. The lowest BCUT2D eigenvalue weighted by atomic mass is 10.0. The van der Waals surface area contributed by atoms with Gasteiger partial charge < -0.3 is 10.1 Å². The third-order valence-corrected chi connectivity index (χ3v) is 3.09. The molecule has 104 valence electrons. The van der Waals surface area contributed by atoms with Crippen molar-refractivity contribution in [3.8, 4) is 11.8 Å². The van der Waals surface area contributed by atoms with E-state index in [1.165, 1.54) is 5.56 Å². The molecular weight excluding hydrogens is 236 g/mol. The third kappa shape index (κ3) is 5.32. The Morgan fingerprint density at radius 2 is 2.21 bits per heavy atom. The van der Waals surface area contributed by atoms with E-state index in [1.54, 1.807) is 0 Å². The molecule has 0 aliphatic heterocycles. The fourth-order valence-electron chi connectivity index (χ4n) is 1.92.